The van der Waals surface area contributed by atoms with Crippen LogP contribution in [0, 0.1) is 0 Å². The fourth-order valence-corrected chi connectivity index (χ4v) is 4.45. The molecule has 0 saturated carbocycles. The van der Waals surface area contributed by atoms with Crippen molar-refractivity contribution in [2.45, 2.75) is 31.1 Å². The molecule has 2 aliphatic rings. The van der Waals surface area contributed by atoms with E-state index in [1.807, 2.05) is 0 Å². The topological polar surface area (TPSA) is 71.4 Å². The average Bonchev–Trinajstić information content (AvgIpc) is 3.13. The molecule has 1 fully saturated rings. The van der Waals surface area contributed by atoms with Crippen molar-refractivity contribution in [1.29, 1.82) is 0 Å². The van der Waals surface area contributed by atoms with Crippen molar-refractivity contribution in [3.8, 4) is 0 Å². The summed E-state index contributed by atoms with van der Waals surface area (Å²) < 4.78 is 47.7. The zero-order valence-electron chi connectivity index (χ0n) is 17.7. The van der Waals surface area contributed by atoms with Gasteiger partial charge in [-0.2, -0.15) is 18.3 Å². The molecule has 12 heteroatoms. The predicted molar refractivity (Wildman–Crippen MR) is 119 cm³/mol. The number of fused-ring (bicyclic) bond motifs is 1. The highest BCUT2D eigenvalue weighted by Gasteiger charge is 2.47. The van der Waals surface area contributed by atoms with Crippen molar-refractivity contribution >= 4 is 34.9 Å². The molecular weight excluding hydrogens is 482 g/mol. The third-order valence-corrected chi connectivity index (χ3v) is 6.43. The quantitative estimate of drug-likeness (QED) is 0.572. The van der Waals surface area contributed by atoms with Gasteiger partial charge in [0.25, 0.3) is 5.91 Å². The number of ether oxygens (including phenoxy) is 1. The highest BCUT2D eigenvalue weighted by molar-refractivity contribution is 6.36. The molecule has 0 bridgehead atoms. The van der Waals surface area contributed by atoms with Crippen molar-refractivity contribution < 1.29 is 22.7 Å². The summed E-state index contributed by atoms with van der Waals surface area (Å²) in [5.41, 5.74) is 0.405. The van der Waals surface area contributed by atoms with Gasteiger partial charge in [0.1, 0.15) is 10.8 Å². The second-order valence-electron chi connectivity index (χ2n) is 8.06. The molecule has 2 aliphatic heterocycles. The van der Waals surface area contributed by atoms with E-state index in [1.165, 1.54) is 0 Å². The van der Waals surface area contributed by atoms with Crippen LogP contribution >= 0.6 is 23.2 Å². The lowest BCUT2D eigenvalue weighted by Crippen LogP contribution is -2.38. The van der Waals surface area contributed by atoms with Crippen molar-refractivity contribution in [1.82, 2.24) is 20.0 Å². The number of nitrogens with zero attached hydrogens (tertiary/aromatic N) is 3. The van der Waals surface area contributed by atoms with E-state index in [0.717, 1.165) is 24.3 Å². The summed E-state index contributed by atoms with van der Waals surface area (Å²) in [5.74, 6) is -0.627. The van der Waals surface area contributed by atoms with Crippen LogP contribution in [0.15, 0.2) is 24.3 Å². The Morgan fingerprint density at radius 2 is 1.91 bits per heavy atom. The number of aromatic nitrogens is 2. The lowest BCUT2D eigenvalue weighted by Gasteiger charge is -2.33. The number of anilines is 1. The lowest BCUT2D eigenvalue weighted by atomic mass is 9.97. The minimum atomic E-state index is -4.57. The van der Waals surface area contributed by atoms with Gasteiger partial charge in [-0.3, -0.25) is 9.69 Å². The fourth-order valence-electron chi connectivity index (χ4n) is 4.06. The van der Waals surface area contributed by atoms with Crippen molar-refractivity contribution in [3.05, 3.63) is 45.6 Å². The first-order chi connectivity index (χ1) is 15.7. The largest absolute Gasteiger partial charge is 0.410 e. The maximum absolute atomic E-state index is 13.9. The normalized spacial score (nSPS) is 21.4. The maximum Gasteiger partial charge on any atom is 0.410 e. The van der Waals surface area contributed by atoms with Gasteiger partial charge in [0.2, 0.25) is 0 Å². The summed E-state index contributed by atoms with van der Waals surface area (Å²) in [6.07, 6.45) is -4.17. The molecule has 2 atom stereocenters. The Bertz CT molecular complexity index is 978. The van der Waals surface area contributed by atoms with Crippen LogP contribution in [0.2, 0.25) is 10.0 Å². The van der Waals surface area contributed by atoms with E-state index < -0.39 is 24.2 Å². The van der Waals surface area contributed by atoms with E-state index in [1.54, 1.807) is 24.3 Å². The number of morpholine rings is 1. The van der Waals surface area contributed by atoms with Crippen LogP contribution in [0.5, 0.6) is 0 Å². The van der Waals surface area contributed by atoms with E-state index in [9.17, 15) is 18.0 Å². The van der Waals surface area contributed by atoms with Gasteiger partial charge in [-0.05, 0) is 30.7 Å². The van der Waals surface area contributed by atoms with Crippen LogP contribution in [0.4, 0.5) is 19.0 Å². The molecule has 1 amide bonds. The molecule has 2 aromatic rings. The molecular formula is C21H24Cl2F3N5O2. The first-order valence-corrected chi connectivity index (χ1v) is 11.4. The molecule has 2 N–H and O–H groups in total. The minimum Gasteiger partial charge on any atom is -0.379 e. The van der Waals surface area contributed by atoms with Crippen molar-refractivity contribution in [2.24, 2.45) is 0 Å². The summed E-state index contributed by atoms with van der Waals surface area (Å²) >= 11 is 12.3. The average molecular weight is 506 g/mol. The number of carbonyl (C=O) groups excluding carboxylic acids is 1. The molecule has 4 rings (SSSR count). The van der Waals surface area contributed by atoms with Gasteiger partial charge in [-0.25, -0.2) is 4.68 Å². The molecule has 7 nitrogen and oxygen atoms in total. The van der Waals surface area contributed by atoms with Crippen LogP contribution < -0.4 is 10.6 Å². The molecule has 0 radical (unpaired) electrons. The van der Waals surface area contributed by atoms with E-state index in [4.69, 9.17) is 27.9 Å². The SMILES string of the molecule is O=C(NCCCN1CCOCC1)c1nn2c(c1Cl)N[C@H](c1ccc(Cl)cc1)C[C@@H]2C(F)(F)F. The summed E-state index contributed by atoms with van der Waals surface area (Å²) in [7, 11) is 0. The molecule has 0 aliphatic carbocycles. The van der Waals surface area contributed by atoms with Gasteiger partial charge in [0, 0.05) is 31.1 Å². The zero-order valence-corrected chi connectivity index (χ0v) is 19.2. The monoisotopic (exact) mass is 505 g/mol. The minimum absolute atomic E-state index is 0.0244. The number of amides is 1. The van der Waals surface area contributed by atoms with E-state index in [2.05, 4.69) is 20.6 Å². The molecule has 1 aromatic carbocycles. The number of benzene rings is 1. The Balaban J connectivity index is 1.48. The van der Waals surface area contributed by atoms with Crippen LogP contribution in [-0.2, 0) is 4.74 Å². The van der Waals surface area contributed by atoms with Crippen LogP contribution in [0.1, 0.15) is 41.0 Å². The Morgan fingerprint density at radius 1 is 1.21 bits per heavy atom. The van der Waals surface area contributed by atoms with Crippen LogP contribution in [0.25, 0.3) is 0 Å². The van der Waals surface area contributed by atoms with E-state index >= 15 is 0 Å². The summed E-state index contributed by atoms with van der Waals surface area (Å²) in [5, 5.41) is 10.0. The van der Waals surface area contributed by atoms with Gasteiger partial charge in [0.15, 0.2) is 11.7 Å². The number of carbonyl (C=O) groups is 1. The summed E-state index contributed by atoms with van der Waals surface area (Å²) in [6, 6.07) is 3.97. The van der Waals surface area contributed by atoms with Crippen molar-refractivity contribution in [2.75, 3.05) is 44.7 Å². The third-order valence-electron chi connectivity index (χ3n) is 5.82. The number of hydrogen-bond donors (Lipinski definition) is 2. The van der Waals surface area contributed by atoms with Gasteiger partial charge >= 0.3 is 6.18 Å². The molecule has 1 saturated heterocycles. The Kier molecular flexibility index (Phi) is 7.37. The summed E-state index contributed by atoms with van der Waals surface area (Å²) in [6.45, 7) is 4.20. The standard InChI is InChI=1S/C21H24Cl2F3N5O2/c22-14-4-2-13(3-5-14)15-12-16(21(24,25)26)31-19(28-15)17(23)18(29-31)20(32)27-6-1-7-30-8-10-33-11-9-30/h2-5,15-16,28H,1,6-12H2,(H,27,32)/t15-,16+/m0/s1. The summed E-state index contributed by atoms with van der Waals surface area (Å²) in [4.78, 5) is 14.9. The first-order valence-electron chi connectivity index (χ1n) is 10.7. The molecule has 3 heterocycles. The second-order valence-corrected chi connectivity index (χ2v) is 8.88. The maximum atomic E-state index is 13.9. The fraction of sp³-hybridized carbons (Fsp3) is 0.524. The Labute approximate surface area is 199 Å². The van der Waals surface area contributed by atoms with Crippen LogP contribution in [-0.4, -0.2) is 66.2 Å². The second kappa shape index (κ2) is 10.1. The molecule has 33 heavy (non-hydrogen) atoms. The predicted octanol–water partition coefficient (Wildman–Crippen LogP) is 4.30. The van der Waals surface area contributed by atoms with Gasteiger partial charge in [-0.15, -0.1) is 0 Å². The van der Waals surface area contributed by atoms with Crippen LogP contribution in [0.3, 0.4) is 0 Å². The highest BCUT2D eigenvalue weighted by Crippen LogP contribution is 2.46. The lowest BCUT2D eigenvalue weighted by molar-refractivity contribution is -0.173. The van der Waals surface area contributed by atoms with Gasteiger partial charge in [-0.1, -0.05) is 35.3 Å². The first kappa shape index (κ1) is 24.1. The number of hydrogen-bond acceptors (Lipinski definition) is 5. The number of nitrogens with one attached hydrogen (secondary N) is 2. The third kappa shape index (κ3) is 5.56. The molecule has 1 aromatic heterocycles. The molecule has 0 unspecified atom stereocenters. The molecule has 180 valence electrons. The highest BCUT2D eigenvalue weighted by atomic mass is 35.5. The molecule has 0 spiro atoms. The van der Waals surface area contributed by atoms with Gasteiger partial charge in [0.05, 0.1) is 19.3 Å². The zero-order chi connectivity index (χ0) is 23.6. The number of alkyl halides is 3. The number of halogens is 5. The van der Waals surface area contributed by atoms with E-state index in [-0.39, 0.29) is 23.0 Å². The smallest absolute Gasteiger partial charge is 0.379 e. The van der Waals surface area contributed by atoms with E-state index in [0.29, 0.717) is 36.8 Å². The van der Waals surface area contributed by atoms with Crippen molar-refractivity contribution in [3.63, 3.8) is 0 Å². The Hall–Kier alpha value is -2.01. The Morgan fingerprint density at radius 3 is 2.58 bits per heavy atom. The van der Waals surface area contributed by atoms with Gasteiger partial charge < -0.3 is 15.4 Å². The number of rotatable bonds is 6.